The van der Waals surface area contributed by atoms with E-state index >= 15 is 0 Å². The van der Waals surface area contributed by atoms with Crippen LogP contribution in [0.5, 0.6) is 5.75 Å². The van der Waals surface area contributed by atoms with E-state index in [4.69, 9.17) is 26.8 Å². The number of aliphatic hydroxyl groups is 1. The number of amides is 1. The molecule has 1 spiro atoms. The topological polar surface area (TPSA) is 163 Å². The first-order valence-corrected chi connectivity index (χ1v) is 21.1. The minimum Gasteiger partial charge on any atom is -0.772 e. The van der Waals surface area contributed by atoms with E-state index in [1.165, 1.54) is 29.6 Å². The average molecular weight is 767 g/mol. The molecule has 1 amide bonds. The number of methoxy groups -OCH3 is 1. The zero-order valence-corrected chi connectivity index (χ0v) is 32.5. The van der Waals surface area contributed by atoms with Gasteiger partial charge in [-0.25, -0.2) is 12.7 Å². The number of ether oxygens (including phenoxy) is 2. The monoisotopic (exact) mass is 766 g/mol. The molecule has 11 nitrogen and oxygen atoms in total. The normalized spacial score (nSPS) is 24.7. The molecule has 7 atom stereocenters. The van der Waals surface area contributed by atoms with Gasteiger partial charge in [-0.05, 0) is 104 Å². The van der Waals surface area contributed by atoms with Gasteiger partial charge in [-0.3, -0.25) is 9.00 Å². The van der Waals surface area contributed by atoms with Gasteiger partial charge in [0.2, 0.25) is 15.9 Å². The lowest BCUT2D eigenvalue weighted by Gasteiger charge is -2.50. The number of anilines is 1. The van der Waals surface area contributed by atoms with Gasteiger partial charge in [0.1, 0.15) is 5.75 Å². The van der Waals surface area contributed by atoms with Crippen molar-refractivity contribution >= 4 is 44.3 Å². The number of hydrogen-bond acceptors (Lipinski definition) is 9. The minimum absolute atomic E-state index is 0.0616. The first-order valence-electron chi connectivity index (χ1n) is 17.9. The van der Waals surface area contributed by atoms with Crippen LogP contribution >= 0.6 is 11.6 Å². The molecule has 0 radical (unpaired) electrons. The maximum Gasteiger partial charge on any atom is 0.248 e. The second-order valence-electron chi connectivity index (χ2n) is 15.1. The molecule has 1 unspecified atom stereocenters. The molecule has 1 fully saturated rings. The van der Waals surface area contributed by atoms with E-state index in [9.17, 15) is 27.1 Å². The predicted molar refractivity (Wildman–Crippen MR) is 200 cm³/mol. The first-order chi connectivity index (χ1) is 24.1. The van der Waals surface area contributed by atoms with Gasteiger partial charge < -0.3 is 29.8 Å². The highest BCUT2D eigenvalue weighted by atomic mass is 35.5. The first kappa shape index (κ1) is 39.9. The molecule has 1 heterocycles. The van der Waals surface area contributed by atoms with Crippen LogP contribution in [0.2, 0.25) is 5.02 Å². The van der Waals surface area contributed by atoms with Gasteiger partial charge in [0.05, 0.1) is 30.3 Å². The number of carbonyl (C=O) groups is 1. The van der Waals surface area contributed by atoms with E-state index in [2.05, 4.69) is 11.0 Å². The van der Waals surface area contributed by atoms with Gasteiger partial charge in [0.15, 0.2) is 0 Å². The van der Waals surface area contributed by atoms with Crippen LogP contribution in [0.25, 0.3) is 0 Å². The second kappa shape index (κ2) is 16.4. The average Bonchev–Trinajstić information content (AvgIpc) is 3.21. The Morgan fingerprint density at radius 2 is 2.04 bits per heavy atom. The Bertz CT molecular complexity index is 1700. The smallest absolute Gasteiger partial charge is 0.248 e. The Labute approximate surface area is 310 Å². The highest BCUT2D eigenvalue weighted by Gasteiger charge is 2.50. The largest absolute Gasteiger partial charge is 0.772 e. The van der Waals surface area contributed by atoms with Gasteiger partial charge in [-0.1, -0.05) is 49.0 Å². The number of nitrogens with two attached hydrogens (primary N) is 1. The molecule has 2 aromatic carbocycles. The molecule has 14 heteroatoms. The number of aryl methyl sites for hydroxylation is 1. The Morgan fingerprint density at radius 3 is 2.71 bits per heavy atom. The molecule has 5 rings (SSSR count). The molecule has 284 valence electrons. The number of primary amides is 1. The molecule has 3 aliphatic rings. The van der Waals surface area contributed by atoms with E-state index in [-0.39, 0.29) is 42.7 Å². The van der Waals surface area contributed by atoms with Crippen molar-refractivity contribution in [3.05, 3.63) is 58.1 Å². The van der Waals surface area contributed by atoms with Gasteiger partial charge >= 0.3 is 0 Å². The molecular formula is C37H53ClN3O8S2-. The number of nitrogens with zero attached hydrogens (tertiary/aromatic N) is 2. The quantitative estimate of drug-likeness (QED) is 0.232. The summed E-state index contributed by atoms with van der Waals surface area (Å²) in [4.78, 5) is 14.6. The summed E-state index contributed by atoms with van der Waals surface area (Å²) in [7, 11) is -0.858. The molecule has 0 saturated heterocycles. The van der Waals surface area contributed by atoms with Gasteiger partial charge in [-0.15, -0.1) is 0 Å². The number of halogens is 1. The van der Waals surface area contributed by atoms with E-state index in [0.29, 0.717) is 55.3 Å². The second-order valence-corrected chi connectivity index (χ2v) is 18.9. The van der Waals surface area contributed by atoms with Crippen LogP contribution in [0.3, 0.4) is 0 Å². The van der Waals surface area contributed by atoms with Gasteiger partial charge in [0.25, 0.3) is 0 Å². The maximum atomic E-state index is 13.7. The number of carbonyl (C=O) groups excluding carboxylic acids is 1. The SMILES string of the molecule is COCCN(C)S(=O)(=O)C[C@@](O)(CCC[C@H](C)[C@@H](C)S(=O)[O-])[C@@H]1CC[C@H]1CN1C[C@@]2(CCCc3cc(Cl)ccc32)COc2ccc(C(N)=O)cc21. The summed E-state index contributed by atoms with van der Waals surface area (Å²) in [5.41, 5.74) is 7.33. The molecule has 2 aliphatic carbocycles. The summed E-state index contributed by atoms with van der Waals surface area (Å²) < 4.78 is 63.5. The lowest BCUT2D eigenvalue weighted by Crippen LogP contribution is -2.56. The Balaban J connectivity index is 1.47. The lowest BCUT2D eigenvalue weighted by molar-refractivity contribution is -0.0724. The van der Waals surface area contributed by atoms with Crippen LogP contribution in [-0.2, 0) is 37.7 Å². The number of fused-ring (bicyclic) bond motifs is 3. The molecule has 0 bridgehead atoms. The van der Waals surface area contributed by atoms with Crippen molar-refractivity contribution < 1.29 is 36.6 Å². The fourth-order valence-electron chi connectivity index (χ4n) is 8.35. The Morgan fingerprint density at radius 1 is 1.27 bits per heavy atom. The number of sulfonamides is 1. The highest BCUT2D eigenvalue weighted by Crippen LogP contribution is 2.49. The molecule has 0 aromatic heterocycles. The number of likely N-dealkylation sites (N-methyl/N-ethyl adjacent to an activating group) is 1. The third kappa shape index (κ3) is 8.93. The molecule has 1 saturated carbocycles. The van der Waals surface area contributed by atoms with E-state index in [0.717, 1.165) is 31.4 Å². The van der Waals surface area contributed by atoms with Gasteiger partial charge in [-0.2, -0.15) is 0 Å². The highest BCUT2D eigenvalue weighted by molar-refractivity contribution is 7.89. The van der Waals surface area contributed by atoms with E-state index < -0.39 is 43.6 Å². The summed E-state index contributed by atoms with van der Waals surface area (Å²) in [6.45, 7) is 5.46. The van der Waals surface area contributed by atoms with Crippen molar-refractivity contribution in [2.75, 3.05) is 57.7 Å². The van der Waals surface area contributed by atoms with Crippen molar-refractivity contribution in [3.63, 3.8) is 0 Å². The van der Waals surface area contributed by atoms with E-state index in [1.54, 1.807) is 25.1 Å². The third-order valence-corrected chi connectivity index (χ3v) is 15.1. The molecule has 51 heavy (non-hydrogen) atoms. The Hall–Kier alpha value is -2.26. The summed E-state index contributed by atoms with van der Waals surface area (Å²) in [6.07, 6.45) is 5.45. The van der Waals surface area contributed by atoms with Crippen molar-refractivity contribution in [2.45, 2.75) is 81.5 Å². The fraction of sp³-hybridized carbons (Fsp3) is 0.649. The van der Waals surface area contributed by atoms with Gasteiger partial charge in [0, 0.05) is 55.0 Å². The standard InChI is InChI=1S/C37H54ClN3O8S2/c1-25(26(2)50(44)45)7-5-16-37(43,24-51(46,47)40(3)17-18-48-4)32-12-9-29(32)21-41-22-36(15-6-8-27-19-30(38)11-13-31(27)36)23-49-34-14-10-28(35(39)42)20-33(34)41/h10-11,13-14,19-20,25-26,29,32,43H,5-9,12,15-18,21-24H2,1-4H3,(H2,39,42)(H,44,45)/p-1/t25-,26+,29-,32+,36-,37-/m0/s1. The zero-order valence-electron chi connectivity index (χ0n) is 30.1. The summed E-state index contributed by atoms with van der Waals surface area (Å²) in [6, 6.07) is 11.3. The fourth-order valence-corrected chi connectivity index (χ4v) is 10.6. The van der Waals surface area contributed by atoms with Crippen molar-refractivity contribution in [2.24, 2.45) is 23.5 Å². The molecule has 3 N–H and O–H groups in total. The van der Waals surface area contributed by atoms with Crippen LogP contribution < -0.4 is 15.4 Å². The summed E-state index contributed by atoms with van der Waals surface area (Å²) in [5, 5.41) is 12.6. The molecule has 2 aromatic rings. The third-order valence-electron chi connectivity index (χ3n) is 11.8. The van der Waals surface area contributed by atoms with Crippen LogP contribution in [0.1, 0.15) is 80.3 Å². The Kier molecular flexibility index (Phi) is 12.8. The van der Waals surface area contributed by atoms with Crippen LogP contribution in [0.4, 0.5) is 5.69 Å². The minimum atomic E-state index is -3.87. The van der Waals surface area contributed by atoms with Crippen molar-refractivity contribution in [3.8, 4) is 5.75 Å². The molecule has 1 aliphatic heterocycles. The van der Waals surface area contributed by atoms with Crippen LogP contribution in [0.15, 0.2) is 36.4 Å². The number of hydrogen-bond donors (Lipinski definition) is 2. The predicted octanol–water partition coefficient (Wildman–Crippen LogP) is 4.65. The van der Waals surface area contributed by atoms with Crippen molar-refractivity contribution in [1.82, 2.24) is 4.31 Å². The van der Waals surface area contributed by atoms with E-state index in [1.807, 2.05) is 19.1 Å². The molecular weight excluding hydrogens is 714 g/mol. The summed E-state index contributed by atoms with van der Waals surface area (Å²) >= 11 is 4.20. The number of benzene rings is 2. The van der Waals surface area contributed by atoms with Crippen LogP contribution in [0, 0.1) is 17.8 Å². The summed E-state index contributed by atoms with van der Waals surface area (Å²) in [5.74, 6) is -0.883. The zero-order chi connectivity index (χ0) is 37.1. The van der Waals surface area contributed by atoms with Crippen molar-refractivity contribution in [1.29, 1.82) is 0 Å². The van der Waals surface area contributed by atoms with Crippen LogP contribution in [-0.4, -0.2) is 96.1 Å². The lowest BCUT2D eigenvalue weighted by atomic mass is 9.63. The number of rotatable bonds is 16. The maximum absolute atomic E-state index is 13.7.